The number of hydrogen-bond donors (Lipinski definition) is 6. The highest BCUT2D eigenvalue weighted by molar-refractivity contribution is 6.01. The first-order chi connectivity index (χ1) is 8.31. The van der Waals surface area contributed by atoms with Crippen molar-refractivity contribution in [3.8, 4) is 17.2 Å². The van der Waals surface area contributed by atoms with E-state index >= 15 is 0 Å². The summed E-state index contributed by atoms with van der Waals surface area (Å²) in [4.78, 5) is 12.8. The van der Waals surface area contributed by atoms with Crippen LogP contribution in [-0.2, 0) is 0 Å². The molecule has 0 saturated heterocycles. The largest absolute Gasteiger partial charge is 0.504 e. The minimum Gasteiger partial charge on any atom is -0.504 e. The van der Waals surface area contributed by atoms with Gasteiger partial charge in [-0.1, -0.05) is 0 Å². The standard InChI is InChI=1S/C10H14N4O4/c1-14(2)9(11)13-10(18)12-5-3-6(15)8(17)7(16)4-5/h3-4,15-17H,1-2H3,(H3,11,12,13,18). The first-order valence-corrected chi connectivity index (χ1v) is 4.90. The predicted octanol–water partition coefficient (Wildman–Crippen LogP) is 0.421. The van der Waals surface area contributed by atoms with Crippen LogP contribution in [0.5, 0.6) is 17.2 Å². The van der Waals surface area contributed by atoms with E-state index in [-0.39, 0.29) is 11.6 Å². The van der Waals surface area contributed by atoms with Gasteiger partial charge in [0, 0.05) is 26.2 Å². The van der Waals surface area contributed by atoms with Gasteiger partial charge in [0.1, 0.15) is 0 Å². The Morgan fingerprint density at radius 3 is 2.17 bits per heavy atom. The molecule has 0 radical (unpaired) electrons. The predicted molar refractivity (Wildman–Crippen MR) is 65.0 cm³/mol. The van der Waals surface area contributed by atoms with E-state index in [1.54, 1.807) is 14.1 Å². The lowest BCUT2D eigenvalue weighted by molar-refractivity contribution is 0.255. The number of phenols is 3. The Bertz CT molecular complexity index is 464. The number of hydrogen-bond acceptors (Lipinski definition) is 5. The summed E-state index contributed by atoms with van der Waals surface area (Å²) in [5, 5.41) is 39.5. The Labute approximate surface area is 103 Å². The molecule has 0 aliphatic carbocycles. The summed E-state index contributed by atoms with van der Waals surface area (Å²) in [6, 6.07) is 1.42. The average Bonchev–Trinajstić information content (AvgIpc) is 2.25. The summed E-state index contributed by atoms with van der Waals surface area (Å²) in [7, 11) is 3.17. The Hall–Kier alpha value is -2.64. The quantitative estimate of drug-likeness (QED) is 0.187. The molecule has 18 heavy (non-hydrogen) atoms. The van der Waals surface area contributed by atoms with E-state index in [9.17, 15) is 15.0 Å². The number of phenolic OH excluding ortho intramolecular Hbond substituents is 3. The number of carbonyl (C=O) groups is 1. The Balaban J connectivity index is 2.74. The van der Waals surface area contributed by atoms with Crippen molar-refractivity contribution in [2.75, 3.05) is 19.4 Å². The van der Waals surface area contributed by atoms with Gasteiger partial charge >= 0.3 is 6.03 Å². The number of benzene rings is 1. The maximum absolute atomic E-state index is 11.4. The number of carbonyl (C=O) groups excluding carboxylic acids is 1. The van der Waals surface area contributed by atoms with Crippen LogP contribution in [0, 0.1) is 5.41 Å². The first kappa shape index (κ1) is 13.4. The second-order valence-corrected chi connectivity index (χ2v) is 3.69. The zero-order valence-corrected chi connectivity index (χ0v) is 9.85. The van der Waals surface area contributed by atoms with Crippen LogP contribution >= 0.6 is 0 Å². The molecule has 0 spiro atoms. The Kier molecular flexibility index (Phi) is 3.82. The van der Waals surface area contributed by atoms with E-state index in [2.05, 4.69) is 10.6 Å². The summed E-state index contributed by atoms with van der Waals surface area (Å²) in [5.41, 5.74) is 0.0758. The van der Waals surface area contributed by atoms with E-state index in [0.29, 0.717) is 0 Å². The molecule has 1 aromatic carbocycles. The number of nitrogens with one attached hydrogen (secondary N) is 3. The van der Waals surface area contributed by atoms with Gasteiger partial charge in [0.15, 0.2) is 23.2 Å². The van der Waals surface area contributed by atoms with E-state index in [0.717, 1.165) is 12.1 Å². The third-order valence-corrected chi connectivity index (χ3v) is 2.01. The fourth-order valence-electron chi connectivity index (χ4n) is 1.06. The molecule has 0 saturated carbocycles. The SMILES string of the molecule is CN(C)C(=N)NC(=O)Nc1cc(O)c(O)c(O)c1. The molecule has 6 N–H and O–H groups in total. The van der Waals surface area contributed by atoms with Crippen LogP contribution in [0.3, 0.4) is 0 Å². The summed E-state index contributed by atoms with van der Waals surface area (Å²) in [6.45, 7) is 0. The zero-order chi connectivity index (χ0) is 13.9. The highest BCUT2D eigenvalue weighted by Gasteiger charge is 2.11. The lowest BCUT2D eigenvalue weighted by atomic mass is 10.2. The van der Waals surface area contributed by atoms with Crippen molar-refractivity contribution in [1.29, 1.82) is 5.41 Å². The summed E-state index contributed by atoms with van der Waals surface area (Å²) >= 11 is 0. The van der Waals surface area contributed by atoms with Crippen molar-refractivity contribution in [2.24, 2.45) is 0 Å². The van der Waals surface area contributed by atoms with Gasteiger partial charge in [0.05, 0.1) is 5.69 Å². The number of rotatable bonds is 1. The van der Waals surface area contributed by atoms with Gasteiger partial charge < -0.3 is 25.5 Å². The van der Waals surface area contributed by atoms with Crippen molar-refractivity contribution in [3.05, 3.63) is 12.1 Å². The molecule has 98 valence electrons. The van der Waals surface area contributed by atoms with Gasteiger partial charge in [-0.25, -0.2) is 4.79 Å². The minimum absolute atomic E-state index is 0.0758. The minimum atomic E-state index is -0.710. The molecule has 0 heterocycles. The molecule has 0 aromatic heterocycles. The maximum atomic E-state index is 11.4. The van der Waals surface area contributed by atoms with Crippen molar-refractivity contribution < 1.29 is 20.1 Å². The van der Waals surface area contributed by atoms with Gasteiger partial charge in [0.2, 0.25) is 0 Å². The monoisotopic (exact) mass is 254 g/mol. The zero-order valence-electron chi connectivity index (χ0n) is 9.85. The van der Waals surface area contributed by atoms with Crippen LogP contribution in [0.2, 0.25) is 0 Å². The number of urea groups is 1. The molecule has 0 atom stereocenters. The van der Waals surface area contributed by atoms with Crippen LogP contribution in [-0.4, -0.2) is 46.3 Å². The third kappa shape index (κ3) is 3.17. The summed E-state index contributed by atoms with van der Waals surface area (Å²) < 4.78 is 0. The van der Waals surface area contributed by atoms with Gasteiger partial charge in [-0.3, -0.25) is 10.7 Å². The molecule has 0 unspecified atom stereocenters. The highest BCUT2D eigenvalue weighted by atomic mass is 16.3. The first-order valence-electron chi connectivity index (χ1n) is 4.90. The molecule has 0 fully saturated rings. The van der Waals surface area contributed by atoms with E-state index < -0.39 is 23.3 Å². The van der Waals surface area contributed by atoms with E-state index in [1.807, 2.05) is 0 Å². The third-order valence-electron chi connectivity index (χ3n) is 2.01. The maximum Gasteiger partial charge on any atom is 0.325 e. The van der Waals surface area contributed by atoms with Crippen LogP contribution in [0.4, 0.5) is 10.5 Å². The Morgan fingerprint density at radius 2 is 1.72 bits per heavy atom. The average molecular weight is 254 g/mol. The van der Waals surface area contributed by atoms with Crippen LogP contribution < -0.4 is 10.6 Å². The summed E-state index contributed by atoms with van der Waals surface area (Å²) in [6.07, 6.45) is 0. The Morgan fingerprint density at radius 1 is 1.22 bits per heavy atom. The molecule has 1 aromatic rings. The number of guanidine groups is 1. The van der Waals surface area contributed by atoms with Crippen molar-refractivity contribution >= 4 is 17.7 Å². The second-order valence-electron chi connectivity index (χ2n) is 3.69. The molecule has 8 heteroatoms. The lowest BCUT2D eigenvalue weighted by Gasteiger charge is -2.15. The van der Waals surface area contributed by atoms with Crippen molar-refractivity contribution in [3.63, 3.8) is 0 Å². The molecule has 0 bridgehead atoms. The second kappa shape index (κ2) is 5.13. The fourth-order valence-corrected chi connectivity index (χ4v) is 1.06. The van der Waals surface area contributed by atoms with Gasteiger partial charge in [-0.15, -0.1) is 0 Å². The molecule has 1 rings (SSSR count). The number of nitrogens with zero attached hydrogens (tertiary/aromatic N) is 1. The van der Waals surface area contributed by atoms with Crippen molar-refractivity contribution in [1.82, 2.24) is 10.2 Å². The lowest BCUT2D eigenvalue weighted by Crippen LogP contribution is -2.41. The topological polar surface area (TPSA) is 129 Å². The van der Waals surface area contributed by atoms with E-state index in [1.165, 1.54) is 4.90 Å². The van der Waals surface area contributed by atoms with Crippen LogP contribution in [0.1, 0.15) is 0 Å². The normalized spacial score (nSPS) is 9.67. The molecule has 2 amide bonds. The van der Waals surface area contributed by atoms with Gasteiger partial charge in [-0.05, 0) is 0 Å². The fraction of sp³-hybridized carbons (Fsp3) is 0.200. The number of anilines is 1. The number of aromatic hydroxyl groups is 3. The summed E-state index contributed by atoms with van der Waals surface area (Å²) in [5.74, 6) is -1.91. The van der Waals surface area contributed by atoms with Gasteiger partial charge in [-0.2, -0.15) is 0 Å². The molecule has 0 aliphatic heterocycles. The number of amides is 2. The van der Waals surface area contributed by atoms with Crippen LogP contribution in [0.25, 0.3) is 0 Å². The van der Waals surface area contributed by atoms with Gasteiger partial charge in [0.25, 0.3) is 0 Å². The van der Waals surface area contributed by atoms with E-state index in [4.69, 9.17) is 10.5 Å². The van der Waals surface area contributed by atoms with Crippen molar-refractivity contribution in [2.45, 2.75) is 0 Å². The molecule has 8 nitrogen and oxygen atoms in total. The molecule has 0 aliphatic rings. The van der Waals surface area contributed by atoms with Crippen LogP contribution in [0.15, 0.2) is 12.1 Å². The molecular weight excluding hydrogens is 240 g/mol. The molecular formula is C10H14N4O4. The highest BCUT2D eigenvalue weighted by Crippen LogP contribution is 2.37. The smallest absolute Gasteiger partial charge is 0.325 e.